The molecule has 13 heteroatoms. The number of nitrogens with two attached hydrogens (primary N) is 2. The van der Waals surface area contributed by atoms with Crippen molar-refractivity contribution >= 4 is 17.3 Å². The van der Waals surface area contributed by atoms with E-state index in [0.717, 1.165) is 42.6 Å². The number of nitriles is 1. The van der Waals surface area contributed by atoms with E-state index in [1.807, 2.05) is 33.2 Å². The van der Waals surface area contributed by atoms with Crippen LogP contribution in [0.4, 0.5) is 30.5 Å². The van der Waals surface area contributed by atoms with Crippen LogP contribution in [0.5, 0.6) is 6.01 Å². The average Bonchev–Trinajstić information content (AvgIpc) is 3.87. The van der Waals surface area contributed by atoms with Gasteiger partial charge >= 0.3 is 6.01 Å². The molecule has 1 spiro atoms. The van der Waals surface area contributed by atoms with Gasteiger partial charge in [0.15, 0.2) is 0 Å². The maximum Gasteiger partial charge on any atom is 0.318 e. The van der Waals surface area contributed by atoms with Gasteiger partial charge in [0.05, 0.1) is 35.1 Å². The average molecular weight is 688 g/mol. The van der Waals surface area contributed by atoms with E-state index in [4.69, 9.17) is 26.2 Å². The van der Waals surface area contributed by atoms with Crippen molar-refractivity contribution in [1.82, 2.24) is 24.8 Å². The van der Waals surface area contributed by atoms with Crippen molar-refractivity contribution in [2.24, 2.45) is 5.41 Å². The van der Waals surface area contributed by atoms with Gasteiger partial charge in [0.1, 0.15) is 23.5 Å². The Morgan fingerprint density at radius 2 is 1.90 bits per heavy atom. The van der Waals surface area contributed by atoms with Crippen LogP contribution >= 0.6 is 0 Å². The normalized spacial score (nSPS) is 22.0. The van der Waals surface area contributed by atoms with Gasteiger partial charge in [-0.2, -0.15) is 24.0 Å². The first kappa shape index (κ1) is 34.1. The molecule has 2 aliphatic carbocycles. The number of nitrogens with zero attached hydrogens (tertiary/aromatic N) is 7. The van der Waals surface area contributed by atoms with Crippen molar-refractivity contribution < 1.29 is 17.9 Å². The molecule has 0 radical (unpaired) electrons. The molecule has 264 valence electrons. The second-order valence-electron chi connectivity index (χ2n) is 14.7. The van der Waals surface area contributed by atoms with E-state index in [2.05, 4.69) is 25.8 Å². The number of ether oxygens (including phenoxy) is 1. The highest BCUT2D eigenvalue weighted by atomic mass is 19.3. The molecule has 1 saturated heterocycles. The van der Waals surface area contributed by atoms with Crippen molar-refractivity contribution in [3.05, 3.63) is 75.4 Å². The highest BCUT2D eigenvalue weighted by molar-refractivity contribution is 5.65. The SMILES string of the molecule is C[C@H](c1cccnc1N)N(C)c1nc(OCC2(CN3CCC(=C(F)F)CC3)CC2)nc2c1CN(C)[C@@]1(CCCc3c(F)cc(N)c(C#N)c31)C2. The molecule has 3 aromatic rings. The van der Waals surface area contributed by atoms with Crippen LogP contribution in [-0.4, -0.2) is 65.1 Å². The minimum absolute atomic E-state index is 0.0846. The summed E-state index contributed by atoms with van der Waals surface area (Å²) in [5.41, 5.74) is 16.3. The van der Waals surface area contributed by atoms with Gasteiger partial charge in [0, 0.05) is 62.4 Å². The minimum Gasteiger partial charge on any atom is -0.463 e. The lowest BCUT2D eigenvalue weighted by Crippen LogP contribution is -2.51. The molecule has 2 atom stereocenters. The number of pyridine rings is 1. The Balaban J connectivity index is 1.24. The zero-order chi connectivity index (χ0) is 35.4. The fourth-order valence-corrected chi connectivity index (χ4v) is 8.35. The number of halogens is 3. The lowest BCUT2D eigenvalue weighted by Gasteiger charge is -2.50. The number of hydrogen-bond donors (Lipinski definition) is 2. The Morgan fingerprint density at radius 1 is 1.14 bits per heavy atom. The molecular formula is C37H44F3N9O. The number of piperidine rings is 1. The predicted octanol–water partition coefficient (Wildman–Crippen LogP) is 5.87. The lowest BCUT2D eigenvalue weighted by molar-refractivity contribution is 0.0712. The minimum atomic E-state index is -1.54. The molecule has 7 rings (SSSR count). The van der Waals surface area contributed by atoms with Gasteiger partial charge in [0.25, 0.3) is 6.08 Å². The lowest BCUT2D eigenvalue weighted by atomic mass is 9.68. The predicted molar refractivity (Wildman–Crippen MR) is 185 cm³/mol. The molecule has 1 aromatic carbocycles. The van der Waals surface area contributed by atoms with Gasteiger partial charge in [-0.3, -0.25) is 4.90 Å². The summed E-state index contributed by atoms with van der Waals surface area (Å²) in [6.45, 7) is 4.91. The number of aromatic nitrogens is 3. The standard InChI is InChI=1S/C37H44F3N9O/c1-22(24-7-5-13-44-33(24)43)48(3)34-27-19-47(2)37(10-4-6-25-28(38)16-29(42)26(18-41)31(25)37)17-30(27)45-35(46-34)50-21-36(11-12-36)20-49-14-8-23(9-15-49)32(39)40/h5,7,13,16,22H,4,6,8-12,14-15,17,19-21,42H2,1-3H3,(H2,43,44)/t22-,37+/m1/s1. The maximum atomic E-state index is 15.5. The van der Waals surface area contributed by atoms with Crippen LogP contribution in [0, 0.1) is 22.6 Å². The summed E-state index contributed by atoms with van der Waals surface area (Å²) in [5, 5.41) is 10.2. The Hall–Kier alpha value is -4.41. The Labute approximate surface area is 290 Å². The summed E-state index contributed by atoms with van der Waals surface area (Å²) in [6.07, 6.45) is 5.30. The van der Waals surface area contributed by atoms with Crippen LogP contribution in [0.1, 0.15) is 85.0 Å². The number of benzene rings is 1. The number of hydrogen-bond acceptors (Lipinski definition) is 10. The highest BCUT2D eigenvalue weighted by Gasteiger charge is 2.49. The van der Waals surface area contributed by atoms with Crippen molar-refractivity contribution in [3.8, 4) is 12.1 Å². The van der Waals surface area contributed by atoms with E-state index in [1.165, 1.54) is 6.07 Å². The molecule has 2 aliphatic heterocycles. The number of fused-ring (bicyclic) bond motifs is 3. The number of nitrogen functional groups attached to an aromatic ring is 2. The quantitative estimate of drug-likeness (QED) is 0.277. The van der Waals surface area contributed by atoms with Gasteiger partial charge in [-0.15, -0.1) is 0 Å². The summed E-state index contributed by atoms with van der Waals surface area (Å²) in [5.74, 6) is 0.761. The number of anilines is 3. The van der Waals surface area contributed by atoms with E-state index in [1.54, 1.807) is 6.20 Å². The van der Waals surface area contributed by atoms with Crippen LogP contribution in [-0.2, 0) is 24.9 Å². The first-order valence-corrected chi connectivity index (χ1v) is 17.4. The molecule has 2 fully saturated rings. The second kappa shape index (κ2) is 13.0. The van der Waals surface area contributed by atoms with Gasteiger partial charge in [-0.1, -0.05) is 6.07 Å². The van der Waals surface area contributed by atoms with E-state index in [0.29, 0.717) is 86.7 Å². The van der Waals surface area contributed by atoms with Crippen LogP contribution in [0.15, 0.2) is 36.0 Å². The Morgan fingerprint density at radius 3 is 2.58 bits per heavy atom. The van der Waals surface area contributed by atoms with E-state index in [9.17, 15) is 14.0 Å². The van der Waals surface area contributed by atoms with Crippen molar-refractivity contribution in [2.75, 3.05) is 56.7 Å². The molecule has 4 aliphatic rings. The fraction of sp³-hybridized carbons (Fsp3) is 0.514. The molecule has 50 heavy (non-hydrogen) atoms. The Kier molecular flexibility index (Phi) is 8.89. The summed E-state index contributed by atoms with van der Waals surface area (Å²) in [6, 6.07) is 7.43. The zero-order valence-electron chi connectivity index (χ0n) is 28.9. The Bertz CT molecular complexity index is 1880. The van der Waals surface area contributed by atoms with Crippen LogP contribution in [0.3, 0.4) is 0 Å². The summed E-state index contributed by atoms with van der Waals surface area (Å²) in [7, 11) is 3.98. The molecular weight excluding hydrogens is 643 g/mol. The molecule has 0 bridgehead atoms. The zero-order valence-corrected chi connectivity index (χ0v) is 28.9. The van der Waals surface area contributed by atoms with Gasteiger partial charge in [-0.25, -0.2) is 9.37 Å². The molecule has 0 amide bonds. The third-order valence-corrected chi connectivity index (χ3v) is 11.6. The molecule has 4 N–H and O–H groups in total. The van der Waals surface area contributed by atoms with Crippen LogP contribution in [0.2, 0.25) is 0 Å². The molecule has 2 aromatic heterocycles. The maximum absolute atomic E-state index is 15.5. The molecule has 1 saturated carbocycles. The van der Waals surface area contributed by atoms with E-state index < -0.39 is 11.6 Å². The van der Waals surface area contributed by atoms with Gasteiger partial charge < -0.3 is 26.0 Å². The third kappa shape index (κ3) is 6.02. The highest BCUT2D eigenvalue weighted by Crippen LogP contribution is 2.51. The number of likely N-dealkylation sites (tertiary alicyclic amines) is 1. The summed E-state index contributed by atoms with van der Waals surface area (Å²) >= 11 is 0. The molecule has 4 heterocycles. The summed E-state index contributed by atoms with van der Waals surface area (Å²) in [4.78, 5) is 20.9. The number of rotatable bonds is 8. The van der Waals surface area contributed by atoms with Crippen molar-refractivity contribution in [1.29, 1.82) is 5.26 Å². The monoisotopic (exact) mass is 687 g/mol. The largest absolute Gasteiger partial charge is 0.463 e. The van der Waals surface area contributed by atoms with Gasteiger partial charge in [-0.05, 0) is 87.7 Å². The van der Waals surface area contributed by atoms with Crippen molar-refractivity contribution in [3.63, 3.8) is 0 Å². The third-order valence-electron chi connectivity index (χ3n) is 11.6. The van der Waals surface area contributed by atoms with E-state index >= 15 is 4.39 Å². The van der Waals surface area contributed by atoms with Crippen molar-refractivity contribution in [2.45, 2.75) is 76.4 Å². The van der Waals surface area contributed by atoms with Crippen LogP contribution in [0.25, 0.3) is 0 Å². The first-order valence-electron chi connectivity index (χ1n) is 17.4. The molecule has 10 nitrogen and oxygen atoms in total. The number of likely N-dealkylation sites (N-methyl/N-ethyl adjacent to an activating group) is 1. The summed E-state index contributed by atoms with van der Waals surface area (Å²) < 4.78 is 48.2. The fourth-order valence-electron chi connectivity index (χ4n) is 8.35. The van der Waals surface area contributed by atoms with Crippen LogP contribution < -0.4 is 21.1 Å². The smallest absolute Gasteiger partial charge is 0.318 e. The molecule has 0 unspecified atom stereocenters. The van der Waals surface area contributed by atoms with Gasteiger partial charge in [0.2, 0.25) is 0 Å². The second-order valence-corrected chi connectivity index (χ2v) is 14.7. The topological polar surface area (TPSA) is 133 Å². The van der Waals surface area contributed by atoms with E-state index in [-0.39, 0.29) is 34.5 Å². The first-order chi connectivity index (χ1) is 23.9.